The minimum Gasteiger partial charge on any atom is -0.388 e. The number of carbonyl (C=O) groups is 1. The van der Waals surface area contributed by atoms with E-state index in [1.807, 2.05) is 49.5 Å². The highest BCUT2D eigenvalue weighted by atomic mass is 16.1. The van der Waals surface area contributed by atoms with Crippen LogP contribution in [0.4, 0.5) is 5.69 Å². The van der Waals surface area contributed by atoms with Crippen molar-refractivity contribution in [3.05, 3.63) is 65.2 Å². The highest BCUT2D eigenvalue weighted by Crippen LogP contribution is 2.20. The van der Waals surface area contributed by atoms with Gasteiger partial charge < -0.3 is 20.4 Å². The second-order valence-electron chi connectivity index (χ2n) is 6.82. The number of anilines is 1. The summed E-state index contributed by atoms with van der Waals surface area (Å²) in [4.78, 5) is 16.9. The summed E-state index contributed by atoms with van der Waals surface area (Å²) in [6.45, 7) is 4.09. The molecule has 27 heavy (non-hydrogen) atoms. The average Bonchev–Trinajstić information content (AvgIpc) is 2.72. The van der Waals surface area contributed by atoms with Crippen molar-refractivity contribution in [2.45, 2.75) is 6.54 Å². The number of rotatable bonds is 5. The second-order valence-corrected chi connectivity index (χ2v) is 6.82. The van der Waals surface area contributed by atoms with E-state index in [2.05, 4.69) is 27.5 Å². The number of amidine groups is 1. The maximum absolute atomic E-state index is 12.5. The Kier molecular flexibility index (Phi) is 6.08. The van der Waals surface area contributed by atoms with Crippen molar-refractivity contribution in [1.29, 1.82) is 5.41 Å². The fourth-order valence-electron chi connectivity index (χ4n) is 3.18. The first-order valence-corrected chi connectivity index (χ1v) is 9.25. The molecule has 2 aromatic rings. The summed E-state index contributed by atoms with van der Waals surface area (Å²) in [5, 5.41) is 14.7. The summed E-state index contributed by atoms with van der Waals surface area (Å²) in [6, 6.07) is 15.3. The summed E-state index contributed by atoms with van der Waals surface area (Å²) in [6.07, 6.45) is 0. The molecule has 3 N–H and O–H groups in total. The van der Waals surface area contributed by atoms with Crippen molar-refractivity contribution >= 4 is 17.4 Å². The topological polar surface area (TPSA) is 71.5 Å². The van der Waals surface area contributed by atoms with Crippen LogP contribution in [0.15, 0.2) is 48.5 Å². The Balaban J connectivity index is 1.70. The normalized spacial score (nSPS) is 14.7. The first-order valence-electron chi connectivity index (χ1n) is 9.25. The quantitative estimate of drug-likeness (QED) is 0.561. The van der Waals surface area contributed by atoms with Crippen LogP contribution in [0.2, 0.25) is 0 Å². The molecule has 1 amide bonds. The largest absolute Gasteiger partial charge is 0.388 e. The lowest BCUT2D eigenvalue weighted by atomic mass is 10.1. The van der Waals surface area contributed by atoms with Crippen molar-refractivity contribution in [3.63, 3.8) is 0 Å². The Morgan fingerprint density at radius 3 is 2.44 bits per heavy atom. The zero-order valence-corrected chi connectivity index (χ0v) is 16.0. The molecule has 0 spiro atoms. The van der Waals surface area contributed by atoms with Gasteiger partial charge in [0.2, 0.25) is 0 Å². The SMILES string of the molecule is CNc1cc(C(=O)NCc2ccccc2)ccc1C(=N)N1CCN(C)CC1. The molecular weight excluding hydrogens is 338 g/mol. The molecule has 0 unspecified atom stereocenters. The van der Waals surface area contributed by atoms with E-state index in [0.29, 0.717) is 17.9 Å². The van der Waals surface area contributed by atoms with Crippen molar-refractivity contribution in [2.75, 3.05) is 45.6 Å². The Morgan fingerprint density at radius 2 is 1.78 bits per heavy atom. The van der Waals surface area contributed by atoms with Gasteiger partial charge in [0.05, 0.1) is 0 Å². The molecule has 2 aromatic carbocycles. The summed E-state index contributed by atoms with van der Waals surface area (Å²) in [5.74, 6) is 0.386. The van der Waals surface area contributed by atoms with Gasteiger partial charge in [-0.1, -0.05) is 30.3 Å². The lowest BCUT2D eigenvalue weighted by Crippen LogP contribution is -2.47. The number of carbonyl (C=O) groups excluding carboxylic acids is 1. The Bertz CT molecular complexity index is 797. The van der Waals surface area contributed by atoms with Crippen LogP contribution in [0.3, 0.4) is 0 Å². The Morgan fingerprint density at radius 1 is 1.07 bits per heavy atom. The van der Waals surface area contributed by atoms with E-state index in [9.17, 15) is 4.79 Å². The Hall–Kier alpha value is -2.86. The number of benzene rings is 2. The van der Waals surface area contributed by atoms with E-state index in [1.54, 1.807) is 6.07 Å². The van der Waals surface area contributed by atoms with Gasteiger partial charge in [-0.05, 0) is 30.8 Å². The molecule has 142 valence electrons. The third-order valence-corrected chi connectivity index (χ3v) is 4.92. The predicted octanol–water partition coefficient (Wildman–Crippen LogP) is 2.23. The van der Waals surface area contributed by atoms with Crippen molar-refractivity contribution < 1.29 is 4.79 Å². The number of likely N-dealkylation sites (N-methyl/N-ethyl adjacent to an activating group) is 1. The molecule has 0 atom stereocenters. The van der Waals surface area contributed by atoms with Crippen LogP contribution in [-0.2, 0) is 6.54 Å². The van der Waals surface area contributed by atoms with E-state index in [1.165, 1.54) is 0 Å². The van der Waals surface area contributed by atoms with E-state index in [-0.39, 0.29) is 5.91 Å². The zero-order valence-electron chi connectivity index (χ0n) is 16.0. The van der Waals surface area contributed by atoms with Gasteiger partial charge in [-0.15, -0.1) is 0 Å². The highest BCUT2D eigenvalue weighted by molar-refractivity contribution is 6.04. The molecule has 1 aliphatic heterocycles. The maximum atomic E-state index is 12.5. The number of nitrogens with one attached hydrogen (secondary N) is 3. The predicted molar refractivity (Wildman–Crippen MR) is 109 cm³/mol. The van der Waals surface area contributed by atoms with Crippen LogP contribution >= 0.6 is 0 Å². The lowest BCUT2D eigenvalue weighted by Gasteiger charge is -2.34. The fraction of sp³-hybridized carbons (Fsp3) is 0.333. The summed E-state index contributed by atoms with van der Waals surface area (Å²) in [5.41, 5.74) is 3.27. The molecule has 0 bridgehead atoms. The molecule has 1 fully saturated rings. The van der Waals surface area contributed by atoms with E-state index in [4.69, 9.17) is 5.41 Å². The molecule has 6 nitrogen and oxygen atoms in total. The summed E-state index contributed by atoms with van der Waals surface area (Å²) >= 11 is 0. The van der Waals surface area contributed by atoms with Gasteiger partial charge in [-0.2, -0.15) is 0 Å². The zero-order chi connectivity index (χ0) is 19.2. The monoisotopic (exact) mass is 365 g/mol. The van der Waals surface area contributed by atoms with Crippen molar-refractivity contribution in [1.82, 2.24) is 15.1 Å². The van der Waals surface area contributed by atoms with E-state index in [0.717, 1.165) is 43.0 Å². The number of piperazine rings is 1. The minimum absolute atomic E-state index is 0.118. The van der Waals surface area contributed by atoms with Crippen LogP contribution in [0.1, 0.15) is 21.5 Å². The van der Waals surface area contributed by atoms with Crippen LogP contribution in [-0.4, -0.2) is 61.8 Å². The summed E-state index contributed by atoms with van der Waals surface area (Å²) in [7, 11) is 3.92. The molecular formula is C21H27N5O. The maximum Gasteiger partial charge on any atom is 0.251 e. The third-order valence-electron chi connectivity index (χ3n) is 4.92. The molecule has 3 rings (SSSR count). The number of amides is 1. The molecule has 0 aliphatic carbocycles. The van der Waals surface area contributed by atoms with E-state index >= 15 is 0 Å². The Labute approximate surface area is 160 Å². The average molecular weight is 365 g/mol. The minimum atomic E-state index is -0.118. The van der Waals surface area contributed by atoms with Crippen LogP contribution in [0, 0.1) is 5.41 Å². The molecule has 0 aromatic heterocycles. The number of hydrogen-bond donors (Lipinski definition) is 3. The molecule has 0 radical (unpaired) electrons. The summed E-state index contributed by atoms with van der Waals surface area (Å²) < 4.78 is 0. The van der Waals surface area contributed by atoms with Gasteiger partial charge in [-0.25, -0.2) is 0 Å². The van der Waals surface area contributed by atoms with Crippen molar-refractivity contribution in [2.24, 2.45) is 0 Å². The van der Waals surface area contributed by atoms with Crippen molar-refractivity contribution in [3.8, 4) is 0 Å². The van der Waals surface area contributed by atoms with Gasteiger partial charge in [0.15, 0.2) is 0 Å². The molecule has 6 heteroatoms. The smallest absolute Gasteiger partial charge is 0.251 e. The standard InChI is InChI=1S/C21H27N5O/c1-23-19-14-17(21(27)24-15-16-6-4-3-5-7-16)8-9-18(19)20(22)26-12-10-25(2)11-13-26/h3-9,14,22-23H,10-13,15H2,1-2H3,(H,24,27). The highest BCUT2D eigenvalue weighted by Gasteiger charge is 2.20. The van der Waals surface area contributed by atoms with Gasteiger partial charge in [0.1, 0.15) is 5.84 Å². The first-order chi connectivity index (χ1) is 13.1. The van der Waals surface area contributed by atoms with Gasteiger partial charge >= 0.3 is 0 Å². The first kappa shape index (κ1) is 18.9. The van der Waals surface area contributed by atoms with Gasteiger partial charge in [-0.3, -0.25) is 10.2 Å². The van der Waals surface area contributed by atoms with Crippen LogP contribution in [0.5, 0.6) is 0 Å². The molecule has 1 saturated heterocycles. The molecule has 0 saturated carbocycles. The van der Waals surface area contributed by atoms with Gasteiger partial charge in [0, 0.05) is 56.6 Å². The lowest BCUT2D eigenvalue weighted by molar-refractivity contribution is 0.0951. The van der Waals surface area contributed by atoms with Crippen LogP contribution in [0.25, 0.3) is 0 Å². The number of nitrogens with zero attached hydrogens (tertiary/aromatic N) is 2. The number of hydrogen-bond acceptors (Lipinski definition) is 4. The molecule has 1 aliphatic rings. The third kappa shape index (κ3) is 4.65. The second kappa shape index (κ2) is 8.68. The van der Waals surface area contributed by atoms with Crippen LogP contribution < -0.4 is 10.6 Å². The van der Waals surface area contributed by atoms with E-state index < -0.39 is 0 Å². The fourth-order valence-corrected chi connectivity index (χ4v) is 3.18. The molecule has 1 heterocycles. The van der Waals surface area contributed by atoms with Gasteiger partial charge in [0.25, 0.3) is 5.91 Å².